The summed E-state index contributed by atoms with van der Waals surface area (Å²) in [4.78, 5) is 15.5. The number of aliphatic carboxylic acids is 1. The minimum Gasteiger partial charge on any atom is -0.480 e. The zero-order valence-corrected chi connectivity index (χ0v) is 17.5. The first-order valence-corrected chi connectivity index (χ1v) is 8.92. The molecule has 4 nitrogen and oxygen atoms in total. The van der Waals surface area contributed by atoms with E-state index in [1.54, 1.807) is 0 Å². The molecule has 2 aromatic rings. The molecule has 0 aliphatic carbocycles. The number of carboxylic acid groups (broad SMARTS) is 1. The van der Waals surface area contributed by atoms with E-state index in [2.05, 4.69) is 48.2 Å². The molecule has 2 aromatic carbocycles. The summed E-state index contributed by atoms with van der Waals surface area (Å²) < 4.78 is 0. The van der Waals surface area contributed by atoms with Gasteiger partial charge < -0.3 is 5.11 Å². The van der Waals surface area contributed by atoms with Crippen molar-refractivity contribution in [2.45, 2.75) is 19.0 Å². The fourth-order valence-corrected chi connectivity index (χ4v) is 3.69. The van der Waals surface area contributed by atoms with Gasteiger partial charge in [0.05, 0.1) is 12.6 Å². The Balaban J connectivity index is 0.00000182. The molecule has 0 saturated carbocycles. The van der Waals surface area contributed by atoms with Crippen LogP contribution in [0.4, 0.5) is 0 Å². The number of hydrogen-bond donors (Lipinski definition) is 1. The summed E-state index contributed by atoms with van der Waals surface area (Å²) in [5.74, 6) is -0.766. The average Bonchev–Trinajstić information content (AvgIpc) is 2.60. The van der Waals surface area contributed by atoms with Gasteiger partial charge in [0, 0.05) is 30.7 Å². The molecule has 0 spiro atoms. The first-order valence-electron chi connectivity index (χ1n) is 8.55. The molecule has 0 bridgehead atoms. The minimum atomic E-state index is -0.766. The Morgan fingerprint density at radius 2 is 1.67 bits per heavy atom. The van der Waals surface area contributed by atoms with Crippen molar-refractivity contribution >= 4 is 42.4 Å². The molecule has 2 atom stereocenters. The molecular weight excluding hydrogens is 407 g/mol. The highest BCUT2D eigenvalue weighted by Crippen LogP contribution is 2.31. The molecule has 0 radical (unpaired) electrons. The van der Waals surface area contributed by atoms with Gasteiger partial charge in [0.2, 0.25) is 0 Å². The molecule has 1 N–H and O–H groups in total. The zero-order chi connectivity index (χ0) is 17.8. The van der Waals surface area contributed by atoms with Crippen LogP contribution < -0.4 is 0 Å². The van der Waals surface area contributed by atoms with Crippen LogP contribution in [0.3, 0.4) is 0 Å². The van der Waals surface area contributed by atoms with Crippen LogP contribution in [0.15, 0.2) is 54.6 Å². The smallest absolute Gasteiger partial charge is 0.317 e. The highest BCUT2D eigenvalue weighted by atomic mass is 35.5. The molecule has 27 heavy (non-hydrogen) atoms. The summed E-state index contributed by atoms with van der Waals surface area (Å²) in [7, 11) is 0. The van der Waals surface area contributed by atoms with Gasteiger partial charge in [-0.1, -0.05) is 54.1 Å². The van der Waals surface area contributed by atoms with Gasteiger partial charge in [0.1, 0.15) is 0 Å². The molecule has 1 aliphatic heterocycles. The third kappa shape index (κ3) is 6.09. The van der Waals surface area contributed by atoms with Gasteiger partial charge >= 0.3 is 5.97 Å². The fourth-order valence-electron chi connectivity index (χ4n) is 3.56. The second kappa shape index (κ2) is 10.9. The predicted octanol–water partition coefficient (Wildman–Crippen LogP) is 4.36. The second-order valence-corrected chi connectivity index (χ2v) is 7.01. The lowest BCUT2D eigenvalue weighted by atomic mass is 9.95. The van der Waals surface area contributed by atoms with Crippen LogP contribution in [0, 0.1) is 0 Å². The van der Waals surface area contributed by atoms with E-state index in [4.69, 9.17) is 16.7 Å². The van der Waals surface area contributed by atoms with Gasteiger partial charge in [-0.3, -0.25) is 14.6 Å². The first kappa shape index (κ1) is 23.7. The molecule has 3 rings (SSSR count). The van der Waals surface area contributed by atoms with E-state index >= 15 is 0 Å². The Hall–Kier alpha value is -1.30. The lowest BCUT2D eigenvalue weighted by Crippen LogP contribution is -2.54. The topological polar surface area (TPSA) is 43.8 Å². The van der Waals surface area contributed by atoms with E-state index in [9.17, 15) is 4.79 Å². The van der Waals surface area contributed by atoms with Crippen molar-refractivity contribution in [2.24, 2.45) is 0 Å². The van der Waals surface area contributed by atoms with Crippen LogP contribution in [-0.4, -0.2) is 53.1 Å². The van der Waals surface area contributed by atoms with Crippen LogP contribution in [0.1, 0.15) is 24.1 Å². The summed E-state index contributed by atoms with van der Waals surface area (Å²) >= 11 is 6.06. The maximum absolute atomic E-state index is 11.0. The van der Waals surface area contributed by atoms with Gasteiger partial charge in [-0.2, -0.15) is 0 Å². The number of piperazine rings is 1. The van der Waals surface area contributed by atoms with Crippen molar-refractivity contribution < 1.29 is 9.90 Å². The number of hydrogen-bond acceptors (Lipinski definition) is 3. The molecule has 1 aliphatic rings. The highest BCUT2D eigenvalue weighted by molar-refractivity contribution is 6.30. The number of carboxylic acids is 1. The molecule has 1 fully saturated rings. The Labute approximate surface area is 177 Å². The van der Waals surface area contributed by atoms with Crippen LogP contribution >= 0.6 is 36.4 Å². The van der Waals surface area contributed by atoms with Gasteiger partial charge in [-0.15, -0.1) is 24.8 Å². The van der Waals surface area contributed by atoms with Crippen molar-refractivity contribution in [3.63, 3.8) is 0 Å². The van der Waals surface area contributed by atoms with E-state index in [-0.39, 0.29) is 43.4 Å². The Morgan fingerprint density at radius 1 is 1.07 bits per heavy atom. The molecule has 148 valence electrons. The molecule has 1 unspecified atom stereocenters. The Bertz CT molecular complexity index is 713. The average molecular weight is 432 g/mol. The van der Waals surface area contributed by atoms with E-state index in [0.717, 1.165) is 24.7 Å². The largest absolute Gasteiger partial charge is 0.480 e. The van der Waals surface area contributed by atoms with Crippen molar-refractivity contribution in [3.8, 4) is 0 Å². The van der Waals surface area contributed by atoms with Gasteiger partial charge in [-0.25, -0.2) is 0 Å². The normalized spacial score (nSPS) is 18.8. The lowest BCUT2D eigenvalue weighted by molar-refractivity contribution is -0.139. The third-order valence-corrected chi connectivity index (χ3v) is 5.05. The van der Waals surface area contributed by atoms with Crippen LogP contribution in [0.5, 0.6) is 0 Å². The van der Waals surface area contributed by atoms with E-state index < -0.39 is 5.97 Å². The summed E-state index contributed by atoms with van der Waals surface area (Å²) in [6.07, 6.45) is 0. The van der Waals surface area contributed by atoms with Crippen LogP contribution in [0.2, 0.25) is 5.02 Å². The fraction of sp³-hybridized carbons (Fsp3) is 0.350. The van der Waals surface area contributed by atoms with Crippen molar-refractivity contribution in [2.75, 3.05) is 26.2 Å². The first-order chi connectivity index (χ1) is 12.0. The van der Waals surface area contributed by atoms with Gasteiger partial charge in [0.25, 0.3) is 0 Å². The maximum atomic E-state index is 11.0. The number of halogens is 3. The second-order valence-electron chi connectivity index (χ2n) is 6.57. The summed E-state index contributed by atoms with van der Waals surface area (Å²) in [6.45, 7) is 4.62. The SMILES string of the molecule is CC1CN([C@H](c2ccccc2)c2ccc(Cl)cc2)CCN1CC(=O)O.Cl.Cl. The van der Waals surface area contributed by atoms with Crippen molar-refractivity contribution in [1.82, 2.24) is 9.80 Å². The van der Waals surface area contributed by atoms with Crippen LogP contribution in [0.25, 0.3) is 0 Å². The molecule has 0 aromatic heterocycles. The highest BCUT2D eigenvalue weighted by Gasteiger charge is 2.30. The van der Waals surface area contributed by atoms with E-state index in [0.29, 0.717) is 0 Å². The van der Waals surface area contributed by atoms with E-state index in [1.165, 1.54) is 11.1 Å². The molecule has 0 amide bonds. The molecule has 7 heteroatoms. The summed E-state index contributed by atoms with van der Waals surface area (Å²) in [5.41, 5.74) is 2.44. The number of carbonyl (C=O) groups is 1. The molecular formula is C20H25Cl3N2O2. The van der Waals surface area contributed by atoms with Crippen molar-refractivity contribution in [1.29, 1.82) is 0 Å². The molecule has 1 heterocycles. The van der Waals surface area contributed by atoms with E-state index in [1.807, 2.05) is 23.1 Å². The Morgan fingerprint density at radius 3 is 2.22 bits per heavy atom. The third-order valence-electron chi connectivity index (χ3n) is 4.80. The quantitative estimate of drug-likeness (QED) is 0.764. The molecule has 1 saturated heterocycles. The maximum Gasteiger partial charge on any atom is 0.317 e. The Kier molecular flexibility index (Phi) is 9.57. The standard InChI is InChI=1S/C20H23ClN2O2.2ClH/c1-15-13-23(12-11-22(15)14-19(24)25)20(16-5-3-2-4-6-16)17-7-9-18(21)10-8-17;;/h2-10,15,20H,11-14H2,1H3,(H,24,25);2*1H/t15?,20-;;/m1../s1. The minimum absolute atomic E-state index is 0. The number of nitrogens with zero attached hydrogens (tertiary/aromatic N) is 2. The monoisotopic (exact) mass is 430 g/mol. The number of benzene rings is 2. The van der Waals surface area contributed by atoms with Crippen molar-refractivity contribution in [3.05, 3.63) is 70.7 Å². The lowest BCUT2D eigenvalue weighted by Gasteiger charge is -2.43. The van der Waals surface area contributed by atoms with Gasteiger partial charge in [-0.05, 0) is 30.2 Å². The van der Waals surface area contributed by atoms with Crippen LogP contribution in [-0.2, 0) is 4.79 Å². The number of rotatable bonds is 5. The van der Waals surface area contributed by atoms with Gasteiger partial charge in [0.15, 0.2) is 0 Å². The zero-order valence-electron chi connectivity index (χ0n) is 15.1. The summed E-state index contributed by atoms with van der Waals surface area (Å²) in [5, 5.41) is 9.80. The summed E-state index contributed by atoms with van der Waals surface area (Å²) in [6, 6.07) is 18.8. The predicted molar refractivity (Wildman–Crippen MR) is 114 cm³/mol.